The average Bonchev–Trinajstić information content (AvgIpc) is 3.11. The van der Waals surface area contributed by atoms with Gasteiger partial charge in [-0.05, 0) is 6.92 Å². The Bertz CT molecular complexity index is 881. The van der Waals surface area contributed by atoms with Gasteiger partial charge in [0.25, 0.3) is 12.4 Å². The van der Waals surface area contributed by atoms with E-state index in [-0.39, 0.29) is 12.5 Å². The molecule has 0 spiro atoms. The van der Waals surface area contributed by atoms with Crippen LogP contribution in [0.5, 0.6) is 0 Å². The van der Waals surface area contributed by atoms with Crippen molar-refractivity contribution in [3.8, 4) is 11.4 Å². The highest BCUT2D eigenvalue weighted by atomic mass is 32.1. The molecule has 0 aliphatic carbocycles. The summed E-state index contributed by atoms with van der Waals surface area (Å²) in [6, 6.07) is 9.02. The fourth-order valence-corrected chi connectivity index (χ4v) is 3.23. The number of aromatic nitrogens is 3. The number of carbonyl (C=O) groups is 2. The summed E-state index contributed by atoms with van der Waals surface area (Å²) in [6.07, 6.45) is 2.95. The highest BCUT2D eigenvalue weighted by Gasteiger charge is 2.20. The van der Waals surface area contributed by atoms with Crippen LogP contribution in [0.2, 0.25) is 0 Å². The van der Waals surface area contributed by atoms with E-state index in [1.807, 2.05) is 37.3 Å². The molecular weight excluding hydrogens is 352 g/mol. The molecule has 0 fully saturated rings. The Balaban J connectivity index is 1.75. The lowest BCUT2D eigenvalue weighted by Crippen LogP contribution is -2.31. The van der Waals surface area contributed by atoms with Crippen LogP contribution in [0.4, 0.5) is 0 Å². The van der Waals surface area contributed by atoms with Crippen molar-refractivity contribution in [3.63, 3.8) is 0 Å². The van der Waals surface area contributed by atoms with Crippen LogP contribution in [0, 0.1) is 6.92 Å². The second-order valence-corrected chi connectivity index (χ2v) is 6.31. The van der Waals surface area contributed by atoms with Crippen LogP contribution in [0.3, 0.4) is 0 Å². The molecule has 1 amide bonds. The van der Waals surface area contributed by atoms with E-state index in [2.05, 4.69) is 20.3 Å². The van der Waals surface area contributed by atoms with E-state index in [1.165, 1.54) is 23.7 Å². The summed E-state index contributed by atoms with van der Waals surface area (Å²) < 4.78 is 4.84. The highest BCUT2D eigenvalue weighted by Crippen LogP contribution is 2.22. The van der Waals surface area contributed by atoms with Gasteiger partial charge in [0.05, 0.1) is 27.7 Å². The van der Waals surface area contributed by atoms with E-state index in [1.54, 1.807) is 5.51 Å². The first-order valence-corrected chi connectivity index (χ1v) is 8.70. The molecule has 7 nitrogen and oxygen atoms in total. The zero-order chi connectivity index (χ0) is 18.4. The lowest BCUT2D eigenvalue weighted by atomic mass is 10.2. The van der Waals surface area contributed by atoms with E-state index in [4.69, 9.17) is 4.74 Å². The predicted molar refractivity (Wildman–Crippen MR) is 96.5 cm³/mol. The number of amides is 1. The van der Waals surface area contributed by atoms with Gasteiger partial charge in [0.2, 0.25) is 0 Å². The van der Waals surface area contributed by atoms with Gasteiger partial charge in [-0.15, -0.1) is 11.3 Å². The minimum atomic E-state index is -0.478. The summed E-state index contributed by atoms with van der Waals surface area (Å²) >= 11 is 1.39. The van der Waals surface area contributed by atoms with Crippen LogP contribution in [-0.4, -0.2) is 33.9 Å². The largest absolute Gasteiger partial charge is 0.465 e. The first kappa shape index (κ1) is 17.7. The Hall–Kier alpha value is -3.13. The number of nitrogens with zero attached hydrogens (tertiary/aromatic N) is 3. The molecule has 26 heavy (non-hydrogen) atoms. The number of rotatable bonds is 7. The van der Waals surface area contributed by atoms with Crippen molar-refractivity contribution in [2.45, 2.75) is 13.0 Å². The second kappa shape index (κ2) is 8.30. The second-order valence-electron chi connectivity index (χ2n) is 5.42. The molecule has 1 N–H and O–H groups in total. The minimum absolute atomic E-state index is 0.0290. The number of hydrogen-bond acceptors (Lipinski definition) is 7. The predicted octanol–water partition coefficient (Wildman–Crippen LogP) is 2.55. The summed E-state index contributed by atoms with van der Waals surface area (Å²) in [4.78, 5) is 36.6. The molecule has 2 heterocycles. The third kappa shape index (κ3) is 4.09. The smallest absolute Gasteiger partial charge is 0.293 e. The molecule has 1 atom stereocenters. The number of carbonyl (C=O) groups excluding carboxylic acids is 2. The summed E-state index contributed by atoms with van der Waals surface area (Å²) in [5.74, 6) is 0.193. The summed E-state index contributed by atoms with van der Waals surface area (Å²) in [5.41, 5.74) is 3.66. The van der Waals surface area contributed by atoms with Crippen molar-refractivity contribution in [2.75, 3.05) is 6.61 Å². The van der Waals surface area contributed by atoms with Crippen LogP contribution >= 0.6 is 11.3 Å². The maximum Gasteiger partial charge on any atom is 0.293 e. The average molecular weight is 368 g/mol. The van der Waals surface area contributed by atoms with E-state index in [0.29, 0.717) is 17.9 Å². The van der Waals surface area contributed by atoms with Gasteiger partial charge in [-0.2, -0.15) is 0 Å². The highest BCUT2D eigenvalue weighted by molar-refractivity contribution is 7.09. The molecule has 0 radical (unpaired) electrons. The number of thiazole rings is 1. The molecule has 0 aliphatic heterocycles. The maximum absolute atomic E-state index is 12.5. The van der Waals surface area contributed by atoms with Crippen molar-refractivity contribution >= 4 is 23.7 Å². The molecule has 8 heteroatoms. The summed E-state index contributed by atoms with van der Waals surface area (Å²) in [7, 11) is 0. The normalized spacial score (nSPS) is 11.6. The zero-order valence-corrected chi connectivity index (χ0v) is 14.8. The van der Waals surface area contributed by atoms with Crippen LogP contribution in [0.25, 0.3) is 11.4 Å². The third-order valence-electron chi connectivity index (χ3n) is 3.68. The lowest BCUT2D eigenvalue weighted by molar-refractivity contribution is -0.129. The van der Waals surface area contributed by atoms with Crippen LogP contribution in [0.15, 0.2) is 48.2 Å². The van der Waals surface area contributed by atoms with Crippen molar-refractivity contribution in [2.24, 2.45) is 0 Å². The minimum Gasteiger partial charge on any atom is -0.465 e. The molecule has 1 aromatic carbocycles. The molecular formula is C18H16N4O3S. The summed E-state index contributed by atoms with van der Waals surface area (Å²) in [6.45, 7) is 2.22. The summed E-state index contributed by atoms with van der Waals surface area (Å²) in [5, 5.41) is 2.84. The molecule has 132 valence electrons. The van der Waals surface area contributed by atoms with Gasteiger partial charge in [-0.1, -0.05) is 30.3 Å². The Morgan fingerprint density at radius 1 is 1.23 bits per heavy atom. The monoisotopic (exact) mass is 368 g/mol. The maximum atomic E-state index is 12.5. The fraction of sp³-hybridized carbons (Fsp3) is 0.167. The number of aryl methyl sites for hydroxylation is 1. The van der Waals surface area contributed by atoms with Crippen LogP contribution < -0.4 is 5.32 Å². The van der Waals surface area contributed by atoms with E-state index < -0.39 is 6.04 Å². The number of hydrogen-bond donors (Lipinski definition) is 1. The standard InChI is InChI=1S/C18H16N4O3S/c1-12-16(26-10-21-12)15(9-25-11-23)22-18(24)14-7-19-17(20-8-14)13-5-3-2-4-6-13/h2-8,10-11,15H,9H2,1H3,(H,22,24). The molecule has 1 unspecified atom stereocenters. The Morgan fingerprint density at radius 2 is 1.96 bits per heavy atom. The van der Waals surface area contributed by atoms with E-state index in [0.717, 1.165) is 16.1 Å². The van der Waals surface area contributed by atoms with Crippen LogP contribution in [-0.2, 0) is 9.53 Å². The van der Waals surface area contributed by atoms with Gasteiger partial charge in [-0.25, -0.2) is 15.0 Å². The first-order valence-electron chi connectivity index (χ1n) is 7.82. The van der Waals surface area contributed by atoms with Crippen molar-refractivity contribution in [1.82, 2.24) is 20.3 Å². The van der Waals surface area contributed by atoms with E-state index in [9.17, 15) is 9.59 Å². The van der Waals surface area contributed by atoms with E-state index >= 15 is 0 Å². The zero-order valence-electron chi connectivity index (χ0n) is 14.0. The number of ether oxygens (including phenoxy) is 1. The molecule has 0 aliphatic rings. The van der Waals surface area contributed by atoms with Crippen molar-refractivity contribution in [1.29, 1.82) is 0 Å². The quantitative estimate of drug-likeness (QED) is 0.644. The van der Waals surface area contributed by atoms with Gasteiger partial charge in [0, 0.05) is 18.0 Å². The number of benzene rings is 1. The van der Waals surface area contributed by atoms with Gasteiger partial charge >= 0.3 is 0 Å². The van der Waals surface area contributed by atoms with Gasteiger partial charge < -0.3 is 10.1 Å². The Labute approximate surface area is 154 Å². The Morgan fingerprint density at radius 3 is 2.58 bits per heavy atom. The molecule has 3 aromatic rings. The number of nitrogens with one attached hydrogen (secondary N) is 1. The van der Waals surface area contributed by atoms with Gasteiger partial charge in [-0.3, -0.25) is 9.59 Å². The van der Waals surface area contributed by atoms with Gasteiger partial charge in [0.15, 0.2) is 5.82 Å². The first-order chi connectivity index (χ1) is 12.7. The molecule has 3 rings (SSSR count). The van der Waals surface area contributed by atoms with Crippen molar-refractivity contribution < 1.29 is 14.3 Å². The molecule has 0 saturated carbocycles. The topological polar surface area (TPSA) is 94.1 Å². The van der Waals surface area contributed by atoms with Crippen molar-refractivity contribution in [3.05, 3.63) is 64.4 Å². The Kier molecular flexibility index (Phi) is 5.65. The lowest BCUT2D eigenvalue weighted by Gasteiger charge is -2.17. The molecule has 0 saturated heterocycles. The van der Waals surface area contributed by atoms with Crippen LogP contribution in [0.1, 0.15) is 27.0 Å². The third-order valence-corrected chi connectivity index (χ3v) is 4.73. The molecule has 0 bridgehead atoms. The SMILES string of the molecule is Cc1ncsc1C(COC=O)NC(=O)c1cnc(-c2ccccc2)nc1. The fourth-order valence-electron chi connectivity index (χ4n) is 2.39. The molecule has 2 aromatic heterocycles. The van der Waals surface area contributed by atoms with Gasteiger partial charge in [0.1, 0.15) is 6.61 Å².